The molecule has 0 saturated heterocycles. The van der Waals surface area contributed by atoms with Crippen LogP contribution in [-0.4, -0.2) is 0 Å². The first-order valence-electron chi connectivity index (χ1n) is 18.7. The third-order valence-electron chi connectivity index (χ3n) is 9.85. The summed E-state index contributed by atoms with van der Waals surface area (Å²) in [5, 5.41) is 0. The molecule has 6 rings (SSSR count). The minimum Gasteiger partial charge on any atom is -0.103 e. The van der Waals surface area contributed by atoms with E-state index >= 15 is 0 Å². The first-order chi connectivity index (χ1) is 25.6. The van der Waals surface area contributed by atoms with E-state index in [0.717, 1.165) is 57.0 Å². The van der Waals surface area contributed by atoms with Crippen LogP contribution < -0.4 is 0 Å². The average molecular weight is 695 g/mol. The van der Waals surface area contributed by atoms with Crippen LogP contribution in [0.4, 0.5) is 0 Å². The van der Waals surface area contributed by atoms with Crippen LogP contribution in [0.3, 0.4) is 0 Å². The van der Waals surface area contributed by atoms with Gasteiger partial charge in [-0.1, -0.05) is 172 Å². The maximum atomic E-state index is 3.86. The molecule has 0 amide bonds. The minimum atomic E-state index is -0.337. The van der Waals surface area contributed by atoms with E-state index in [1.165, 1.54) is 66.8 Å². The van der Waals surface area contributed by atoms with Gasteiger partial charge in [-0.2, -0.15) is 0 Å². The van der Waals surface area contributed by atoms with E-state index in [9.17, 15) is 0 Å². The van der Waals surface area contributed by atoms with Gasteiger partial charge in [-0.15, -0.1) is 19.7 Å². The van der Waals surface area contributed by atoms with Crippen LogP contribution in [-0.2, 0) is 37.7 Å². The van der Waals surface area contributed by atoms with Crippen molar-refractivity contribution in [3.8, 4) is 33.4 Å². The summed E-state index contributed by atoms with van der Waals surface area (Å²) in [7, 11) is -0.337. The van der Waals surface area contributed by atoms with E-state index < -0.39 is 0 Å². The summed E-state index contributed by atoms with van der Waals surface area (Å²) in [6.07, 6.45) is 15.4. The summed E-state index contributed by atoms with van der Waals surface area (Å²) in [4.78, 5) is 0. The summed E-state index contributed by atoms with van der Waals surface area (Å²) in [6.45, 7) is 11.6. The lowest BCUT2D eigenvalue weighted by Gasteiger charge is -2.19. The number of aryl methyl sites for hydroxylation is 3. The molecule has 260 valence electrons. The Labute approximate surface area is 314 Å². The molecular weight excluding hydrogens is 644 g/mol. The maximum Gasteiger partial charge on any atom is -0.00671 e. The number of allylic oxidation sites excluding steroid dienone is 3. The van der Waals surface area contributed by atoms with E-state index in [4.69, 9.17) is 0 Å². The molecule has 0 aliphatic rings. The minimum absolute atomic E-state index is 0.337. The van der Waals surface area contributed by atoms with Crippen molar-refractivity contribution in [3.05, 3.63) is 217 Å². The Balaban J connectivity index is 1.17. The molecule has 0 aliphatic carbocycles. The molecule has 0 saturated carbocycles. The lowest BCUT2D eigenvalue weighted by molar-refractivity contribution is 1.00. The van der Waals surface area contributed by atoms with Gasteiger partial charge in [-0.05, 0) is 124 Å². The van der Waals surface area contributed by atoms with Crippen LogP contribution in [0.5, 0.6) is 0 Å². The van der Waals surface area contributed by atoms with Crippen molar-refractivity contribution in [2.45, 2.75) is 57.0 Å². The van der Waals surface area contributed by atoms with E-state index in [1.54, 1.807) is 0 Å². The fraction of sp³-hybridized carbons (Fsp3) is 0.176. The second kappa shape index (κ2) is 19.0. The van der Waals surface area contributed by atoms with Crippen molar-refractivity contribution < 1.29 is 0 Å². The molecule has 0 atom stereocenters. The highest BCUT2D eigenvalue weighted by Crippen LogP contribution is 2.47. The molecular formula is C51H51P. The zero-order valence-corrected chi connectivity index (χ0v) is 31.4. The molecule has 6 aromatic carbocycles. The van der Waals surface area contributed by atoms with Crippen molar-refractivity contribution in [3.63, 3.8) is 0 Å². The average Bonchev–Trinajstić information content (AvgIpc) is 3.20. The Bertz CT molecular complexity index is 1760. The van der Waals surface area contributed by atoms with Crippen LogP contribution in [0.2, 0.25) is 0 Å². The van der Waals surface area contributed by atoms with Crippen molar-refractivity contribution in [2.24, 2.45) is 0 Å². The molecule has 0 bridgehead atoms. The van der Waals surface area contributed by atoms with E-state index in [1.807, 2.05) is 18.2 Å². The third-order valence-corrected chi connectivity index (χ3v) is 12.3. The highest BCUT2D eigenvalue weighted by atomic mass is 31.1. The molecule has 0 nitrogen and oxygen atoms in total. The summed E-state index contributed by atoms with van der Waals surface area (Å²) in [6, 6.07) is 54.9. The van der Waals surface area contributed by atoms with Gasteiger partial charge < -0.3 is 0 Å². The highest BCUT2D eigenvalue weighted by Gasteiger charge is 2.13. The predicted molar refractivity (Wildman–Crippen MR) is 229 cm³/mol. The van der Waals surface area contributed by atoms with Crippen LogP contribution in [0, 0.1) is 0 Å². The van der Waals surface area contributed by atoms with Gasteiger partial charge in [0.15, 0.2) is 0 Å². The summed E-state index contributed by atoms with van der Waals surface area (Å²) in [5.41, 5.74) is 16.0. The number of hydrogen-bond acceptors (Lipinski definition) is 0. The highest BCUT2D eigenvalue weighted by molar-refractivity contribution is 7.55. The predicted octanol–water partition coefficient (Wildman–Crippen LogP) is 14.4. The first-order valence-corrected chi connectivity index (χ1v) is 20.6. The Morgan fingerprint density at radius 2 is 0.481 bits per heavy atom. The number of rotatable bonds is 18. The molecule has 0 aliphatic heterocycles. The van der Waals surface area contributed by atoms with Crippen molar-refractivity contribution in [1.82, 2.24) is 0 Å². The Morgan fingerprint density at radius 1 is 0.288 bits per heavy atom. The Kier molecular flexibility index (Phi) is 13.4. The van der Waals surface area contributed by atoms with E-state index in [2.05, 4.69) is 165 Å². The van der Waals surface area contributed by atoms with Gasteiger partial charge in [-0.25, -0.2) is 0 Å². The molecule has 6 aromatic rings. The lowest BCUT2D eigenvalue weighted by atomic mass is 10.0. The van der Waals surface area contributed by atoms with Gasteiger partial charge in [0.2, 0.25) is 0 Å². The van der Waals surface area contributed by atoms with Crippen LogP contribution in [0.15, 0.2) is 184 Å². The normalized spacial score (nSPS) is 11.0. The number of benzene rings is 6. The lowest BCUT2D eigenvalue weighted by Crippen LogP contribution is -1.94. The van der Waals surface area contributed by atoms with Crippen molar-refractivity contribution in [1.29, 1.82) is 0 Å². The molecule has 52 heavy (non-hydrogen) atoms. The van der Waals surface area contributed by atoms with Crippen LogP contribution in [0.1, 0.15) is 52.6 Å². The van der Waals surface area contributed by atoms with Gasteiger partial charge in [0, 0.05) is 0 Å². The molecule has 0 radical (unpaired) electrons. The smallest absolute Gasteiger partial charge is 0.00671 e. The van der Waals surface area contributed by atoms with Gasteiger partial charge in [-0.3, -0.25) is 0 Å². The molecule has 0 heterocycles. The molecule has 0 unspecified atom stereocenters. The SMILES string of the molecule is C=CCCc1ccc(-c2ccc(CP(Cc3ccc(-c4ccc(CCC=C)cc4)cc3)Cc3ccc(-c4ccc(CCC=C)cc4)cc3)cc2)cc1. The quantitative estimate of drug-likeness (QED) is 0.0621. The van der Waals surface area contributed by atoms with Crippen LogP contribution in [0.25, 0.3) is 33.4 Å². The molecule has 0 N–H and O–H groups in total. The zero-order chi connectivity index (χ0) is 36.0. The molecule has 0 aromatic heterocycles. The van der Waals surface area contributed by atoms with Gasteiger partial charge in [0.1, 0.15) is 0 Å². The summed E-state index contributed by atoms with van der Waals surface area (Å²) < 4.78 is 0. The second-order valence-electron chi connectivity index (χ2n) is 13.8. The Morgan fingerprint density at radius 3 is 0.673 bits per heavy atom. The Hall–Kier alpha value is -5.03. The fourth-order valence-corrected chi connectivity index (χ4v) is 9.26. The first kappa shape index (κ1) is 36.8. The second-order valence-corrected chi connectivity index (χ2v) is 16.1. The van der Waals surface area contributed by atoms with E-state index in [0.29, 0.717) is 0 Å². The van der Waals surface area contributed by atoms with Gasteiger partial charge in [0.25, 0.3) is 0 Å². The fourth-order valence-electron chi connectivity index (χ4n) is 6.75. The largest absolute Gasteiger partial charge is 0.103 e. The molecule has 0 spiro atoms. The molecule has 1 heteroatoms. The third kappa shape index (κ3) is 10.5. The zero-order valence-electron chi connectivity index (χ0n) is 30.5. The maximum absolute atomic E-state index is 3.86. The van der Waals surface area contributed by atoms with Gasteiger partial charge >= 0.3 is 0 Å². The van der Waals surface area contributed by atoms with Crippen LogP contribution >= 0.6 is 7.92 Å². The standard InChI is InChI=1S/C51H51P/c1-4-7-10-40-13-25-46(26-14-40)49-31-19-43(20-32-49)37-52(38-44-21-33-50(34-22-44)47-27-15-41(16-28-47)11-8-5-2)39-45-23-35-51(36-24-45)48-29-17-42(18-30-48)12-9-6-3/h4-6,13-36H,1-3,7-12,37-39H2. The van der Waals surface area contributed by atoms with E-state index in [-0.39, 0.29) is 7.92 Å². The number of hydrogen-bond donors (Lipinski definition) is 0. The summed E-state index contributed by atoms with van der Waals surface area (Å²) >= 11 is 0. The van der Waals surface area contributed by atoms with Gasteiger partial charge in [0.05, 0.1) is 0 Å². The summed E-state index contributed by atoms with van der Waals surface area (Å²) in [5.74, 6) is 0. The topological polar surface area (TPSA) is 0 Å². The monoisotopic (exact) mass is 694 g/mol. The van der Waals surface area contributed by atoms with Crippen molar-refractivity contribution in [2.75, 3.05) is 0 Å². The van der Waals surface area contributed by atoms with Crippen molar-refractivity contribution >= 4 is 7.92 Å². The molecule has 0 fully saturated rings.